The van der Waals surface area contributed by atoms with Crippen molar-refractivity contribution in [3.8, 4) is 22.8 Å². The fraction of sp³-hybridized carbons (Fsp3) is 0.150. The number of tetrazole rings is 1. The smallest absolute Gasteiger partial charge is 0.288 e. The molecule has 1 aliphatic heterocycles. The zero-order chi connectivity index (χ0) is 20.7. The molecular formula is C20H17N7O3. The van der Waals surface area contributed by atoms with Crippen molar-refractivity contribution in [1.82, 2.24) is 30.4 Å². The highest BCUT2D eigenvalue weighted by Crippen LogP contribution is 2.44. The third kappa shape index (κ3) is 2.69. The van der Waals surface area contributed by atoms with Gasteiger partial charge in [-0.3, -0.25) is 4.79 Å². The van der Waals surface area contributed by atoms with E-state index in [0.29, 0.717) is 34.4 Å². The first-order chi connectivity index (χ1) is 14.7. The van der Waals surface area contributed by atoms with Gasteiger partial charge >= 0.3 is 0 Å². The van der Waals surface area contributed by atoms with Gasteiger partial charge in [-0.1, -0.05) is 35.4 Å². The lowest BCUT2D eigenvalue weighted by Gasteiger charge is -2.28. The van der Waals surface area contributed by atoms with E-state index in [1.54, 1.807) is 25.0 Å². The fourth-order valence-corrected chi connectivity index (χ4v) is 3.69. The number of hydrogen-bond donors (Lipinski definition) is 2. The maximum absolute atomic E-state index is 12.7. The summed E-state index contributed by atoms with van der Waals surface area (Å²) in [7, 11) is 3.17. The van der Waals surface area contributed by atoms with Gasteiger partial charge in [-0.25, -0.2) is 5.10 Å². The third-order valence-electron chi connectivity index (χ3n) is 5.05. The summed E-state index contributed by atoms with van der Waals surface area (Å²) in [4.78, 5) is 12.7. The predicted octanol–water partition coefficient (Wildman–Crippen LogP) is 2.14. The molecule has 0 bridgehead atoms. The van der Waals surface area contributed by atoms with Crippen LogP contribution in [-0.4, -0.2) is 44.6 Å². The number of nitrogens with one attached hydrogen (secondary N) is 2. The molecule has 3 heterocycles. The van der Waals surface area contributed by atoms with Crippen molar-refractivity contribution >= 4 is 11.6 Å². The van der Waals surface area contributed by atoms with Gasteiger partial charge < -0.3 is 14.8 Å². The molecule has 1 aliphatic rings. The van der Waals surface area contributed by atoms with Crippen molar-refractivity contribution in [2.45, 2.75) is 6.04 Å². The summed E-state index contributed by atoms with van der Waals surface area (Å²) in [5, 5.41) is 21.9. The van der Waals surface area contributed by atoms with Gasteiger partial charge in [0.05, 0.1) is 19.9 Å². The summed E-state index contributed by atoms with van der Waals surface area (Å²) < 4.78 is 12.6. The molecule has 2 N–H and O–H groups in total. The summed E-state index contributed by atoms with van der Waals surface area (Å²) in [6.07, 6.45) is 0. The molecule has 150 valence electrons. The predicted molar refractivity (Wildman–Crippen MR) is 108 cm³/mol. The van der Waals surface area contributed by atoms with E-state index in [1.165, 1.54) is 0 Å². The molecule has 2 aromatic carbocycles. The summed E-state index contributed by atoms with van der Waals surface area (Å²) in [6.45, 7) is 0. The molecule has 0 amide bonds. The number of ether oxygens (including phenoxy) is 2. The Morgan fingerprint density at radius 2 is 1.90 bits per heavy atom. The summed E-state index contributed by atoms with van der Waals surface area (Å²) in [6, 6.07) is 14.5. The van der Waals surface area contributed by atoms with Crippen LogP contribution in [0.25, 0.3) is 11.3 Å². The molecule has 0 unspecified atom stereocenters. The SMILES string of the molecule is COc1ccc(OC)c([C@H]2c3c(-c4ccccc4)n[nH]c(=O)c3Nc3nnnn32)c1. The second-order valence-corrected chi connectivity index (χ2v) is 6.64. The van der Waals surface area contributed by atoms with E-state index in [9.17, 15) is 4.79 Å². The fourth-order valence-electron chi connectivity index (χ4n) is 3.69. The van der Waals surface area contributed by atoms with E-state index in [0.717, 1.165) is 11.1 Å². The van der Waals surface area contributed by atoms with E-state index in [1.807, 2.05) is 42.5 Å². The Kier molecular flexibility index (Phi) is 4.16. The molecule has 30 heavy (non-hydrogen) atoms. The first kappa shape index (κ1) is 17.9. The molecule has 0 radical (unpaired) electrons. The largest absolute Gasteiger partial charge is 0.497 e. The van der Waals surface area contributed by atoms with E-state index < -0.39 is 6.04 Å². The van der Waals surface area contributed by atoms with Crippen LogP contribution in [-0.2, 0) is 0 Å². The van der Waals surface area contributed by atoms with Gasteiger partial charge in [0.1, 0.15) is 23.2 Å². The minimum absolute atomic E-state index is 0.334. The molecule has 1 atom stereocenters. The van der Waals surface area contributed by atoms with Gasteiger partial charge in [0.2, 0.25) is 5.95 Å². The number of nitrogens with zero attached hydrogens (tertiary/aromatic N) is 5. The van der Waals surface area contributed by atoms with E-state index in [-0.39, 0.29) is 5.56 Å². The topological polar surface area (TPSA) is 120 Å². The lowest BCUT2D eigenvalue weighted by Crippen LogP contribution is -2.29. The number of aromatic nitrogens is 6. The molecule has 2 aromatic heterocycles. The number of fused-ring (bicyclic) bond motifs is 2. The van der Waals surface area contributed by atoms with E-state index in [4.69, 9.17) is 9.47 Å². The maximum atomic E-state index is 12.7. The molecule has 0 saturated heterocycles. The van der Waals surface area contributed by atoms with E-state index in [2.05, 4.69) is 31.0 Å². The van der Waals surface area contributed by atoms with Crippen LogP contribution in [0.4, 0.5) is 11.6 Å². The number of hydrogen-bond acceptors (Lipinski definition) is 8. The number of methoxy groups -OCH3 is 2. The monoisotopic (exact) mass is 403 g/mol. The number of aromatic amines is 1. The van der Waals surface area contributed by atoms with Crippen molar-refractivity contribution in [2.24, 2.45) is 0 Å². The normalized spacial score (nSPS) is 14.4. The van der Waals surface area contributed by atoms with Crippen LogP contribution in [0.5, 0.6) is 11.5 Å². The number of benzene rings is 2. The highest BCUT2D eigenvalue weighted by atomic mass is 16.5. The Bertz CT molecular complexity index is 1280. The first-order valence-corrected chi connectivity index (χ1v) is 9.16. The second kappa shape index (κ2) is 6.99. The van der Waals surface area contributed by atoms with Crippen molar-refractivity contribution in [3.63, 3.8) is 0 Å². The Balaban J connectivity index is 1.85. The van der Waals surface area contributed by atoms with Crippen LogP contribution in [0.1, 0.15) is 17.2 Å². The molecule has 5 rings (SSSR count). The minimum Gasteiger partial charge on any atom is -0.497 e. The van der Waals surface area contributed by atoms with Crippen molar-refractivity contribution in [2.75, 3.05) is 19.5 Å². The zero-order valence-corrected chi connectivity index (χ0v) is 16.2. The summed E-state index contributed by atoms with van der Waals surface area (Å²) in [5.41, 5.74) is 2.78. The van der Waals surface area contributed by atoms with Crippen LogP contribution in [0.2, 0.25) is 0 Å². The van der Waals surface area contributed by atoms with Crippen LogP contribution in [0, 0.1) is 0 Å². The standard InChI is InChI=1S/C20H17N7O3/c1-29-12-8-9-14(30-2)13(10-12)18-15-16(11-6-4-3-5-7-11)22-23-19(28)17(15)21-20-24-25-26-27(18)20/h3-10,18H,1-2H3,(H,23,28)(H,21,24,26)/t18-/m0/s1. The van der Waals surface area contributed by atoms with Crippen LogP contribution >= 0.6 is 0 Å². The Labute approximate surface area is 170 Å². The highest BCUT2D eigenvalue weighted by molar-refractivity contribution is 5.76. The van der Waals surface area contributed by atoms with Crippen LogP contribution in [0.3, 0.4) is 0 Å². The van der Waals surface area contributed by atoms with Crippen LogP contribution < -0.4 is 20.3 Å². The number of rotatable bonds is 4. The van der Waals surface area contributed by atoms with Crippen LogP contribution in [0.15, 0.2) is 53.3 Å². The Morgan fingerprint density at radius 1 is 1.07 bits per heavy atom. The molecule has 10 heteroatoms. The van der Waals surface area contributed by atoms with Gasteiger partial charge in [-0.15, -0.1) is 0 Å². The molecule has 4 aromatic rings. The van der Waals surface area contributed by atoms with Crippen molar-refractivity contribution in [3.05, 3.63) is 70.0 Å². The van der Waals surface area contributed by atoms with Gasteiger partial charge in [0.25, 0.3) is 5.56 Å². The molecule has 0 fully saturated rings. The molecule has 0 aliphatic carbocycles. The molecular weight excluding hydrogens is 386 g/mol. The highest BCUT2D eigenvalue weighted by Gasteiger charge is 2.36. The maximum Gasteiger partial charge on any atom is 0.288 e. The number of H-pyrrole nitrogens is 1. The van der Waals surface area contributed by atoms with Gasteiger partial charge in [0, 0.05) is 16.7 Å². The zero-order valence-electron chi connectivity index (χ0n) is 16.2. The van der Waals surface area contributed by atoms with Gasteiger partial charge in [-0.2, -0.15) is 9.78 Å². The molecule has 10 nitrogen and oxygen atoms in total. The quantitative estimate of drug-likeness (QED) is 0.468. The summed E-state index contributed by atoms with van der Waals surface area (Å²) >= 11 is 0. The summed E-state index contributed by atoms with van der Waals surface area (Å²) in [5.74, 6) is 1.59. The lowest BCUT2D eigenvalue weighted by atomic mass is 9.92. The van der Waals surface area contributed by atoms with E-state index >= 15 is 0 Å². The first-order valence-electron chi connectivity index (χ1n) is 9.16. The average molecular weight is 403 g/mol. The Hall–Kier alpha value is -4.21. The Morgan fingerprint density at radius 3 is 2.67 bits per heavy atom. The third-order valence-corrected chi connectivity index (χ3v) is 5.05. The average Bonchev–Trinajstić information content (AvgIpc) is 3.27. The molecule has 0 spiro atoms. The van der Waals surface area contributed by atoms with Crippen molar-refractivity contribution < 1.29 is 9.47 Å². The second-order valence-electron chi connectivity index (χ2n) is 6.64. The molecule has 0 saturated carbocycles. The van der Waals surface area contributed by atoms with Gasteiger partial charge in [-0.05, 0) is 28.6 Å². The minimum atomic E-state index is -0.568. The van der Waals surface area contributed by atoms with Crippen molar-refractivity contribution in [1.29, 1.82) is 0 Å². The number of anilines is 2. The van der Waals surface area contributed by atoms with Gasteiger partial charge in [0.15, 0.2) is 0 Å². The lowest BCUT2D eigenvalue weighted by molar-refractivity contribution is 0.392.